The van der Waals surface area contributed by atoms with Crippen molar-refractivity contribution in [2.24, 2.45) is 11.5 Å². The second-order valence-corrected chi connectivity index (χ2v) is 11.7. The molecule has 45 heavy (non-hydrogen) atoms. The van der Waals surface area contributed by atoms with Gasteiger partial charge in [0.2, 0.25) is 0 Å². The van der Waals surface area contributed by atoms with E-state index in [0.29, 0.717) is 39.6 Å². The molecule has 6 rings (SSSR count). The molecule has 2 heterocycles. The van der Waals surface area contributed by atoms with Crippen LogP contribution in [0.25, 0.3) is 44.1 Å². The van der Waals surface area contributed by atoms with E-state index in [1.807, 2.05) is 76.2 Å². The third-order valence-corrected chi connectivity index (χ3v) is 8.77. The Bertz CT molecular complexity index is 1970. The number of hydrogen-bond acceptors (Lipinski definition) is 8. The number of nitrogens with one attached hydrogen (secondary N) is 2. The molecule has 228 valence electrons. The normalized spacial score (nSPS) is 14.4. The minimum Gasteiger partial charge on any atom is -0.348 e. The van der Waals surface area contributed by atoms with Crippen LogP contribution in [0.2, 0.25) is 0 Å². The van der Waals surface area contributed by atoms with Gasteiger partial charge in [-0.2, -0.15) is 0 Å². The third-order valence-electron chi connectivity index (χ3n) is 8.77. The van der Waals surface area contributed by atoms with Crippen LogP contribution in [-0.4, -0.2) is 55.9 Å². The van der Waals surface area contributed by atoms with E-state index in [1.54, 1.807) is 24.3 Å². The van der Waals surface area contributed by atoms with E-state index in [2.05, 4.69) is 10.6 Å². The average molecular weight is 601 g/mol. The Morgan fingerprint density at radius 2 is 1.02 bits per heavy atom. The average Bonchev–Trinajstić information content (AvgIpc) is 3.02. The summed E-state index contributed by atoms with van der Waals surface area (Å²) in [6.07, 6.45) is 0.342. The number of amides is 2. The molecule has 0 fully saturated rings. The lowest BCUT2D eigenvalue weighted by molar-refractivity contribution is 0.0875. The Morgan fingerprint density at radius 3 is 1.42 bits per heavy atom. The summed E-state index contributed by atoms with van der Waals surface area (Å²) in [7, 11) is 0. The van der Waals surface area contributed by atoms with Crippen molar-refractivity contribution in [3.8, 4) is 0 Å². The fraction of sp³-hybridized carbons (Fsp3) is 0.257. The summed E-state index contributed by atoms with van der Waals surface area (Å²) in [5.74, 6) is -0.681. The lowest BCUT2D eigenvalue weighted by Gasteiger charge is -2.41. The van der Waals surface area contributed by atoms with Gasteiger partial charge in [-0.15, -0.1) is 0 Å². The minimum absolute atomic E-state index is 0.257. The molecule has 0 spiro atoms. The maximum atomic E-state index is 13.7. The summed E-state index contributed by atoms with van der Waals surface area (Å²) in [5, 5.41) is 6.13. The van der Waals surface area contributed by atoms with E-state index in [1.165, 1.54) is 0 Å². The second-order valence-electron chi connectivity index (χ2n) is 11.7. The van der Waals surface area contributed by atoms with Crippen LogP contribution in [0.5, 0.6) is 0 Å². The third kappa shape index (κ3) is 5.43. The first-order valence-corrected chi connectivity index (χ1v) is 15.0. The van der Waals surface area contributed by atoms with Crippen molar-refractivity contribution in [1.82, 2.24) is 30.6 Å². The highest BCUT2D eigenvalue weighted by Gasteiger charge is 2.39. The minimum atomic E-state index is -1.08. The molecule has 4 aromatic carbocycles. The van der Waals surface area contributed by atoms with E-state index in [4.69, 9.17) is 31.4 Å². The topological polar surface area (TPSA) is 162 Å². The maximum Gasteiger partial charge on any atom is 0.253 e. The first-order valence-electron chi connectivity index (χ1n) is 15.0. The van der Waals surface area contributed by atoms with Crippen LogP contribution in [0.3, 0.4) is 0 Å². The number of para-hydroxylation sites is 4. The van der Waals surface area contributed by atoms with Gasteiger partial charge < -0.3 is 22.1 Å². The van der Waals surface area contributed by atoms with Crippen molar-refractivity contribution >= 4 is 55.9 Å². The monoisotopic (exact) mass is 600 g/mol. The van der Waals surface area contributed by atoms with Crippen LogP contribution in [0.15, 0.2) is 72.8 Å². The van der Waals surface area contributed by atoms with E-state index in [0.717, 1.165) is 33.2 Å². The predicted octanol–water partition coefficient (Wildman–Crippen LogP) is 4.48. The first-order chi connectivity index (χ1) is 21.6. The highest BCUT2D eigenvalue weighted by atomic mass is 16.2. The van der Waals surface area contributed by atoms with Gasteiger partial charge in [0.1, 0.15) is 11.0 Å². The van der Waals surface area contributed by atoms with E-state index < -0.39 is 17.6 Å². The largest absolute Gasteiger partial charge is 0.348 e. The number of nitrogens with two attached hydrogens (primary N) is 2. The Morgan fingerprint density at radius 1 is 0.644 bits per heavy atom. The molecule has 10 heteroatoms. The summed E-state index contributed by atoms with van der Waals surface area (Å²) in [6, 6.07) is 21.2. The van der Waals surface area contributed by atoms with Crippen molar-refractivity contribution < 1.29 is 9.59 Å². The number of carbonyl (C=O) groups is 2. The molecule has 0 saturated carbocycles. The van der Waals surface area contributed by atoms with Gasteiger partial charge in [-0.05, 0) is 88.2 Å². The number of aryl methyl sites for hydroxylation is 2. The van der Waals surface area contributed by atoms with E-state index in [-0.39, 0.29) is 18.4 Å². The second kappa shape index (κ2) is 11.8. The van der Waals surface area contributed by atoms with Crippen LogP contribution >= 0.6 is 0 Å². The van der Waals surface area contributed by atoms with Crippen molar-refractivity contribution in [3.05, 3.63) is 95.1 Å². The molecule has 10 nitrogen and oxygen atoms in total. The molecule has 2 amide bonds. The number of benzene rings is 4. The quantitative estimate of drug-likeness (QED) is 0.186. The molecule has 2 atom stereocenters. The molecular formula is C35H36N8O2. The zero-order valence-corrected chi connectivity index (χ0v) is 25.8. The van der Waals surface area contributed by atoms with Crippen molar-refractivity contribution in [2.45, 2.75) is 51.7 Å². The van der Waals surface area contributed by atoms with Gasteiger partial charge in [-0.1, -0.05) is 36.4 Å². The van der Waals surface area contributed by atoms with Crippen molar-refractivity contribution in [2.75, 3.05) is 6.54 Å². The zero-order chi connectivity index (χ0) is 31.9. The SMILES string of the molecule is Cc1cccc2nc3cccc(C(=O)NC(C)C(N)(CCN)C(C)NC(=O)c4cccc5nc6cccc(C)c6nc45)c3nc12. The van der Waals surface area contributed by atoms with Crippen molar-refractivity contribution in [3.63, 3.8) is 0 Å². The summed E-state index contributed by atoms with van der Waals surface area (Å²) >= 11 is 0. The number of nitrogens with zero attached hydrogens (tertiary/aromatic N) is 4. The van der Waals surface area contributed by atoms with Gasteiger partial charge in [0.25, 0.3) is 11.8 Å². The first kappa shape index (κ1) is 30.0. The van der Waals surface area contributed by atoms with Gasteiger partial charge in [0.15, 0.2) is 0 Å². The van der Waals surface area contributed by atoms with Gasteiger partial charge >= 0.3 is 0 Å². The molecule has 6 aromatic rings. The highest BCUT2D eigenvalue weighted by Crippen LogP contribution is 2.25. The molecule has 0 aliphatic carbocycles. The fourth-order valence-electron chi connectivity index (χ4n) is 5.96. The lowest BCUT2D eigenvalue weighted by Crippen LogP contribution is -2.67. The molecule has 6 N–H and O–H groups in total. The Hall–Kier alpha value is -5.06. The van der Waals surface area contributed by atoms with Gasteiger partial charge in [0, 0.05) is 12.1 Å². The molecule has 0 aliphatic rings. The van der Waals surface area contributed by atoms with Crippen LogP contribution in [-0.2, 0) is 0 Å². The number of carbonyl (C=O) groups excluding carboxylic acids is 2. The number of hydrogen-bond donors (Lipinski definition) is 4. The molecule has 2 aromatic heterocycles. The Kier molecular flexibility index (Phi) is 7.86. The number of rotatable bonds is 8. The van der Waals surface area contributed by atoms with Gasteiger partial charge in [-0.3, -0.25) is 9.59 Å². The summed E-state index contributed by atoms with van der Waals surface area (Å²) in [4.78, 5) is 46.5. The van der Waals surface area contributed by atoms with Crippen molar-refractivity contribution in [1.29, 1.82) is 0 Å². The van der Waals surface area contributed by atoms with Crippen LogP contribution in [0, 0.1) is 13.8 Å². The molecule has 2 unspecified atom stereocenters. The molecule has 0 radical (unpaired) electrons. The van der Waals surface area contributed by atoms with Crippen LogP contribution in [0.1, 0.15) is 52.1 Å². The standard InChI is InChI=1S/C35H36N8O2/c1-19-9-5-13-25-29(19)42-31-23(11-7-15-27(31)40-25)33(44)38-21(3)35(37,17-18-36)22(4)39-34(45)24-12-8-16-28-32(24)43-30-20(2)10-6-14-26(30)41-28/h5-16,21-22H,17-18,36-37H2,1-4H3,(H,38,44)(H,39,45). The summed E-state index contributed by atoms with van der Waals surface area (Å²) in [6.45, 7) is 7.84. The van der Waals surface area contributed by atoms with Gasteiger partial charge in [-0.25, -0.2) is 19.9 Å². The van der Waals surface area contributed by atoms with Gasteiger partial charge in [0.05, 0.1) is 49.8 Å². The summed E-state index contributed by atoms with van der Waals surface area (Å²) in [5.41, 5.74) is 19.9. The molecule has 0 aliphatic heterocycles. The molecular weight excluding hydrogens is 564 g/mol. The van der Waals surface area contributed by atoms with Crippen LogP contribution in [0.4, 0.5) is 0 Å². The highest BCUT2D eigenvalue weighted by molar-refractivity contribution is 6.07. The Labute approximate surface area is 260 Å². The Balaban J connectivity index is 1.27. The van der Waals surface area contributed by atoms with Crippen LogP contribution < -0.4 is 22.1 Å². The lowest BCUT2D eigenvalue weighted by atomic mass is 9.81. The fourth-order valence-corrected chi connectivity index (χ4v) is 5.96. The number of aromatic nitrogens is 4. The molecule has 0 saturated heterocycles. The zero-order valence-electron chi connectivity index (χ0n) is 25.8. The summed E-state index contributed by atoms with van der Waals surface area (Å²) < 4.78 is 0. The molecule has 0 bridgehead atoms. The predicted molar refractivity (Wildman–Crippen MR) is 178 cm³/mol. The number of fused-ring (bicyclic) bond motifs is 4. The van der Waals surface area contributed by atoms with E-state index in [9.17, 15) is 9.59 Å². The smallest absolute Gasteiger partial charge is 0.253 e. The van der Waals surface area contributed by atoms with E-state index >= 15 is 0 Å². The maximum absolute atomic E-state index is 13.7.